The second-order valence-electron chi connectivity index (χ2n) is 20.7. The summed E-state index contributed by atoms with van der Waals surface area (Å²) < 4.78 is 10.4. The predicted molar refractivity (Wildman–Crippen MR) is 278 cm³/mol. The molecule has 3 saturated carbocycles. The van der Waals surface area contributed by atoms with E-state index in [4.69, 9.17) is 14.4 Å². The van der Waals surface area contributed by atoms with E-state index in [1.54, 1.807) is 9.96 Å². The standard InChI is InChI=1S/C37H32N3O.C23H30GeN.Ir/c1-22(2)30-20-26(25-12-7-6-8-13-25)21-31(23(3)4)34(30)40-33-17-10-9-16-32(33)39-36(40)29-15-11-14-27-28-19-18-24(5)38-37(28)41-35(27)29;1-24(2,3)22-16-25-23(19-7-5-4-6-8-19)15-21(22)14-20-13-17-9-11-18(20)12-10-17;/h6-14,16-23H,1-5H3;4-7,15-18,20H,9-14H2,1-3H3;/q2*-1;. The minimum Gasteiger partial charge on any atom is 0 e. The number of furan rings is 1. The van der Waals surface area contributed by atoms with Crippen molar-refractivity contribution in [1.82, 2.24) is 19.5 Å². The van der Waals surface area contributed by atoms with Crippen molar-refractivity contribution in [3.63, 3.8) is 0 Å². The van der Waals surface area contributed by atoms with Gasteiger partial charge in [-0.2, -0.15) is 0 Å². The Labute approximate surface area is 413 Å². The van der Waals surface area contributed by atoms with Crippen LogP contribution in [0.3, 0.4) is 0 Å². The minimum atomic E-state index is -1.91. The molecule has 1 unspecified atom stereocenters. The second kappa shape index (κ2) is 19.5. The molecule has 12 rings (SSSR count). The molecule has 5 aromatic carbocycles. The molecule has 7 heteroatoms. The number of fused-ring (bicyclic) bond motifs is 7. The van der Waals surface area contributed by atoms with Crippen molar-refractivity contribution in [1.29, 1.82) is 0 Å². The van der Waals surface area contributed by atoms with Crippen molar-refractivity contribution in [2.75, 3.05) is 0 Å². The maximum absolute atomic E-state index is 6.44. The zero-order valence-corrected chi connectivity index (χ0v) is 44.8. The molecule has 0 saturated heterocycles. The Bertz CT molecular complexity index is 3140. The third-order valence-corrected chi connectivity index (χ3v) is 18.8. The molecule has 0 amide bonds. The number of hydrogen-bond acceptors (Lipinski definition) is 4. The van der Waals surface area contributed by atoms with Crippen molar-refractivity contribution in [3.8, 4) is 39.5 Å². The van der Waals surface area contributed by atoms with E-state index >= 15 is 0 Å². The molecule has 1 atom stereocenters. The summed E-state index contributed by atoms with van der Waals surface area (Å²) in [5, 5.41) is 2.02. The van der Waals surface area contributed by atoms with Crippen molar-refractivity contribution in [3.05, 3.63) is 162 Å². The van der Waals surface area contributed by atoms with Crippen molar-refractivity contribution in [2.24, 2.45) is 17.8 Å². The summed E-state index contributed by atoms with van der Waals surface area (Å²) in [4.78, 5) is 14.7. The number of imidazole rings is 1. The van der Waals surface area contributed by atoms with E-state index in [1.165, 1.54) is 66.5 Å². The number of rotatable bonds is 9. The Morgan fingerprint density at radius 3 is 2.12 bits per heavy atom. The molecule has 3 aliphatic carbocycles. The SMILES string of the molecule is Cc1ccc2c(n1)oc1c(-c3nc4ccccc4n3-c3c(C(C)C)cc(-c4ccccc4)cc3C(C)C)[c-]ccc12.[CH3][Ge]([CH3])([CH3])[c]1cnc(-c2[c-]cccc2)cc1CC1CC2CCC1CC2.[Ir]. The first-order valence-electron chi connectivity index (χ1n) is 24.3. The molecule has 0 aliphatic heterocycles. The first-order chi connectivity index (χ1) is 31.9. The number of aromatic nitrogens is 4. The molecule has 67 heavy (non-hydrogen) atoms. The third-order valence-electron chi connectivity index (χ3n) is 14.4. The van der Waals surface area contributed by atoms with Gasteiger partial charge in [-0.1, -0.05) is 81.1 Å². The van der Waals surface area contributed by atoms with Gasteiger partial charge in [0.15, 0.2) is 0 Å². The van der Waals surface area contributed by atoms with Crippen molar-refractivity contribution >= 4 is 50.8 Å². The molecule has 2 bridgehead atoms. The largest absolute Gasteiger partial charge is 0 e. The Hall–Kier alpha value is -5.14. The van der Waals surface area contributed by atoms with E-state index in [9.17, 15) is 0 Å². The Morgan fingerprint density at radius 2 is 1.45 bits per heavy atom. The van der Waals surface area contributed by atoms with Crippen LogP contribution < -0.4 is 4.40 Å². The van der Waals surface area contributed by atoms with E-state index in [0.29, 0.717) is 17.5 Å². The van der Waals surface area contributed by atoms with Gasteiger partial charge in [-0.05, 0) is 77.4 Å². The zero-order chi connectivity index (χ0) is 45.7. The topological polar surface area (TPSA) is 56.7 Å². The number of nitrogens with zero attached hydrogens (tertiary/aromatic N) is 4. The molecule has 4 aromatic heterocycles. The van der Waals surface area contributed by atoms with E-state index in [-0.39, 0.29) is 20.1 Å². The van der Waals surface area contributed by atoms with E-state index in [0.717, 1.165) is 73.5 Å². The van der Waals surface area contributed by atoms with Crippen molar-refractivity contribution < 1.29 is 24.5 Å². The summed E-state index contributed by atoms with van der Waals surface area (Å²) in [5.74, 6) is 11.8. The Balaban J connectivity index is 0.000000186. The van der Waals surface area contributed by atoms with Gasteiger partial charge >= 0.3 is 156 Å². The van der Waals surface area contributed by atoms with Crippen molar-refractivity contribution in [2.45, 2.75) is 102 Å². The molecule has 343 valence electrons. The molecule has 0 N–H and O–H groups in total. The van der Waals surface area contributed by atoms with Gasteiger partial charge in [-0.3, -0.25) is 4.98 Å². The fraction of sp³-hybridized carbons (Fsp3) is 0.317. The Kier molecular flexibility index (Phi) is 13.6. The molecule has 4 heterocycles. The summed E-state index contributed by atoms with van der Waals surface area (Å²) in [6, 6.07) is 49.4. The molecule has 3 aliphatic rings. The smallest absolute Gasteiger partial charge is 0 e. The van der Waals surface area contributed by atoms with Crippen LogP contribution in [-0.2, 0) is 26.5 Å². The number of aryl methyl sites for hydroxylation is 1. The molecular weight excluding hydrogens is 1060 g/mol. The van der Waals surface area contributed by atoms with Crippen LogP contribution in [0.4, 0.5) is 0 Å². The van der Waals surface area contributed by atoms with Crippen LogP contribution in [0, 0.1) is 36.8 Å². The third kappa shape index (κ3) is 9.39. The molecule has 1 radical (unpaired) electrons. The van der Waals surface area contributed by atoms with Gasteiger partial charge in [0.1, 0.15) is 0 Å². The monoisotopic (exact) mass is 1120 g/mol. The summed E-state index contributed by atoms with van der Waals surface area (Å²) >= 11 is -1.91. The second-order valence-corrected chi connectivity index (χ2v) is 31.2. The van der Waals surface area contributed by atoms with Crippen LogP contribution in [-0.4, -0.2) is 32.8 Å². The quantitative estimate of drug-likeness (QED) is 0.107. The van der Waals surface area contributed by atoms with Gasteiger partial charge in [0, 0.05) is 36.9 Å². The van der Waals surface area contributed by atoms with E-state index < -0.39 is 13.3 Å². The first-order valence-corrected chi connectivity index (χ1v) is 31.6. The van der Waals surface area contributed by atoms with Crippen LogP contribution in [0.25, 0.3) is 72.6 Å². The van der Waals surface area contributed by atoms with Crippen LogP contribution in [0.5, 0.6) is 0 Å². The number of pyridine rings is 2. The number of para-hydroxylation sites is 2. The fourth-order valence-electron chi connectivity index (χ4n) is 11.0. The normalized spacial score (nSPS) is 17.0. The van der Waals surface area contributed by atoms with E-state index in [2.05, 4.69) is 164 Å². The average molecular weight is 1120 g/mol. The maximum Gasteiger partial charge on any atom is 0 e. The van der Waals surface area contributed by atoms with Gasteiger partial charge in [0.25, 0.3) is 0 Å². The molecule has 3 fully saturated rings. The zero-order valence-electron chi connectivity index (χ0n) is 40.3. The van der Waals surface area contributed by atoms with Crippen LogP contribution in [0.2, 0.25) is 17.3 Å². The summed E-state index contributed by atoms with van der Waals surface area (Å²) in [7, 11) is 0. The van der Waals surface area contributed by atoms with E-state index in [1.807, 2.05) is 37.3 Å². The van der Waals surface area contributed by atoms with Gasteiger partial charge in [0.05, 0.1) is 22.4 Å². The molecule has 0 spiro atoms. The van der Waals surface area contributed by atoms with Gasteiger partial charge < -0.3 is 8.98 Å². The molecular formula is C60H62GeIrN4O-2. The average Bonchev–Trinajstić information content (AvgIpc) is 3.90. The van der Waals surface area contributed by atoms with Crippen LogP contribution in [0.1, 0.15) is 94.0 Å². The summed E-state index contributed by atoms with van der Waals surface area (Å²) in [6.45, 7) is 11.1. The molecule has 5 nitrogen and oxygen atoms in total. The molecule has 9 aromatic rings. The van der Waals surface area contributed by atoms with Gasteiger partial charge in [0.2, 0.25) is 5.71 Å². The van der Waals surface area contributed by atoms with Crippen LogP contribution in [0.15, 0.2) is 132 Å². The van der Waals surface area contributed by atoms with Gasteiger partial charge in [-0.15, -0.1) is 18.2 Å². The van der Waals surface area contributed by atoms with Gasteiger partial charge in [-0.25, -0.2) is 4.98 Å². The number of hydrogen-bond donors (Lipinski definition) is 0. The fourth-order valence-corrected chi connectivity index (χ4v) is 14.3. The van der Waals surface area contributed by atoms with Crippen LogP contribution >= 0.6 is 0 Å². The summed E-state index contributed by atoms with van der Waals surface area (Å²) in [5.41, 5.74) is 15.2. The number of benzene rings is 5. The Morgan fingerprint density at radius 1 is 0.731 bits per heavy atom. The predicted octanol–water partition coefficient (Wildman–Crippen LogP) is 15.5. The first kappa shape index (κ1) is 47.0. The summed E-state index contributed by atoms with van der Waals surface area (Å²) in [6.07, 6.45) is 10.9. The minimum absolute atomic E-state index is 0. The maximum atomic E-state index is 6.44.